The minimum Gasteiger partial charge on any atom is -0.455 e. The maximum Gasteiger partial charge on any atom is 0.338 e. The molecule has 2 unspecified atom stereocenters. The number of hydrogen-bond acceptors (Lipinski definition) is 9. The predicted octanol–water partition coefficient (Wildman–Crippen LogP) is 4.16. The number of carbonyl (C=O) groups excluding carboxylic acids is 3. The molecule has 0 radical (unpaired) electrons. The van der Waals surface area contributed by atoms with Gasteiger partial charge in [-0.25, -0.2) is 4.79 Å². The van der Waals surface area contributed by atoms with Crippen LogP contribution in [0, 0.1) is 0 Å². The summed E-state index contributed by atoms with van der Waals surface area (Å²) in [6.07, 6.45) is -3.21. The number of ether oxygens (including phenoxy) is 5. The van der Waals surface area contributed by atoms with Gasteiger partial charge in [-0.3, -0.25) is 4.79 Å². The van der Waals surface area contributed by atoms with Crippen molar-refractivity contribution < 1.29 is 38.1 Å². The minimum atomic E-state index is -0.958. The summed E-state index contributed by atoms with van der Waals surface area (Å²) in [5.41, 5.74) is -0.310. The molecule has 0 saturated carbocycles. The Labute approximate surface area is 214 Å². The Kier molecular flexibility index (Phi) is 8.46. The second kappa shape index (κ2) is 11.6. The summed E-state index contributed by atoms with van der Waals surface area (Å²) in [5, 5.41) is 0. The molecule has 5 atom stereocenters. The van der Waals surface area contributed by atoms with Gasteiger partial charge >= 0.3 is 11.9 Å². The number of hydrogen-bond donors (Lipinski definition) is 0. The van der Waals surface area contributed by atoms with E-state index in [1.54, 1.807) is 44.2 Å². The standard InChI is InChI=1S/C27H30O8S/c1-17(28)14-15-21(29)32-23-22(20-16-31-27(2,3)35-20)34-26(36-19-12-8-5-9-13-19)24(23)33-25(30)18-10-6-4-7-11-18/h4-13,20,22-24,26H,14-16H2,1-3H3/t20-,22+,23?,24?,26+/m1/s1. The maximum absolute atomic E-state index is 13.0. The normalized spacial score (nSPS) is 26.9. The molecule has 2 aliphatic rings. The first-order chi connectivity index (χ1) is 17.2. The smallest absolute Gasteiger partial charge is 0.338 e. The molecule has 0 aliphatic carbocycles. The van der Waals surface area contributed by atoms with Crippen LogP contribution < -0.4 is 0 Å². The van der Waals surface area contributed by atoms with Gasteiger partial charge in [0.2, 0.25) is 0 Å². The molecule has 36 heavy (non-hydrogen) atoms. The molecule has 9 heteroatoms. The zero-order chi connectivity index (χ0) is 25.7. The Morgan fingerprint density at radius 1 is 0.944 bits per heavy atom. The van der Waals surface area contributed by atoms with Gasteiger partial charge < -0.3 is 28.5 Å². The van der Waals surface area contributed by atoms with Crippen LogP contribution in [0.15, 0.2) is 65.6 Å². The van der Waals surface area contributed by atoms with Gasteiger partial charge in [0.1, 0.15) is 23.4 Å². The van der Waals surface area contributed by atoms with Gasteiger partial charge in [-0.05, 0) is 45.0 Å². The highest BCUT2D eigenvalue weighted by molar-refractivity contribution is 7.99. The van der Waals surface area contributed by atoms with Crippen molar-refractivity contribution in [2.75, 3.05) is 6.61 Å². The molecule has 8 nitrogen and oxygen atoms in total. The number of thioether (sulfide) groups is 1. The summed E-state index contributed by atoms with van der Waals surface area (Å²) in [6, 6.07) is 18.1. The van der Waals surface area contributed by atoms with Crippen LogP contribution >= 0.6 is 11.8 Å². The van der Waals surface area contributed by atoms with Gasteiger partial charge in [-0.2, -0.15) is 0 Å². The van der Waals surface area contributed by atoms with Crippen molar-refractivity contribution in [3.05, 3.63) is 66.2 Å². The second-order valence-corrected chi connectivity index (χ2v) is 10.3. The first-order valence-electron chi connectivity index (χ1n) is 11.9. The molecular weight excluding hydrogens is 484 g/mol. The van der Waals surface area contributed by atoms with E-state index in [0.717, 1.165) is 4.90 Å². The quantitative estimate of drug-likeness (QED) is 0.457. The minimum absolute atomic E-state index is 0.0593. The predicted molar refractivity (Wildman–Crippen MR) is 131 cm³/mol. The molecule has 2 fully saturated rings. The van der Waals surface area contributed by atoms with Gasteiger partial charge in [-0.15, -0.1) is 0 Å². The van der Waals surface area contributed by atoms with E-state index in [2.05, 4.69) is 0 Å². The molecule has 2 aromatic rings. The van der Waals surface area contributed by atoms with E-state index >= 15 is 0 Å². The third-order valence-corrected chi connectivity index (χ3v) is 6.96. The fraction of sp³-hybridized carbons (Fsp3) is 0.444. The lowest BCUT2D eigenvalue weighted by Gasteiger charge is -2.26. The van der Waals surface area contributed by atoms with Crippen LogP contribution in [0.1, 0.15) is 44.0 Å². The van der Waals surface area contributed by atoms with E-state index in [1.165, 1.54) is 18.7 Å². The summed E-state index contributed by atoms with van der Waals surface area (Å²) in [7, 11) is 0. The van der Waals surface area contributed by atoms with E-state index in [4.69, 9.17) is 23.7 Å². The van der Waals surface area contributed by atoms with Gasteiger partial charge in [-0.1, -0.05) is 48.2 Å². The molecule has 2 aromatic carbocycles. The fourth-order valence-electron chi connectivity index (χ4n) is 4.07. The number of benzene rings is 2. The largest absolute Gasteiger partial charge is 0.455 e. The molecule has 2 aliphatic heterocycles. The lowest BCUT2D eigenvalue weighted by atomic mass is 10.1. The first-order valence-corrected chi connectivity index (χ1v) is 12.7. The highest BCUT2D eigenvalue weighted by atomic mass is 32.2. The first kappa shape index (κ1) is 26.3. The van der Waals surface area contributed by atoms with Crippen LogP contribution in [-0.2, 0) is 33.3 Å². The van der Waals surface area contributed by atoms with Crippen molar-refractivity contribution in [3.63, 3.8) is 0 Å². The third kappa shape index (κ3) is 6.73. The second-order valence-electron chi connectivity index (χ2n) is 9.16. The van der Waals surface area contributed by atoms with E-state index in [9.17, 15) is 14.4 Å². The van der Waals surface area contributed by atoms with Gasteiger partial charge in [0, 0.05) is 11.3 Å². The van der Waals surface area contributed by atoms with Crippen LogP contribution in [0.3, 0.4) is 0 Å². The zero-order valence-corrected chi connectivity index (χ0v) is 21.3. The van der Waals surface area contributed by atoms with Crippen molar-refractivity contribution in [2.45, 2.75) is 74.1 Å². The molecule has 2 saturated heterocycles. The lowest BCUT2D eigenvalue weighted by molar-refractivity contribution is -0.171. The topological polar surface area (TPSA) is 97.4 Å². The highest BCUT2D eigenvalue weighted by Crippen LogP contribution is 2.41. The summed E-state index contributed by atoms with van der Waals surface area (Å²) in [5.74, 6) is -2.09. The van der Waals surface area contributed by atoms with Crippen LogP contribution in [0.5, 0.6) is 0 Å². The van der Waals surface area contributed by atoms with Gasteiger partial charge in [0.15, 0.2) is 18.0 Å². The Hall–Kier alpha value is -2.72. The average Bonchev–Trinajstić information content (AvgIpc) is 3.38. The summed E-state index contributed by atoms with van der Waals surface area (Å²) < 4.78 is 29.9. The van der Waals surface area contributed by atoms with E-state index in [-0.39, 0.29) is 25.2 Å². The van der Waals surface area contributed by atoms with Crippen molar-refractivity contribution in [2.24, 2.45) is 0 Å². The molecule has 0 spiro atoms. The van der Waals surface area contributed by atoms with Crippen molar-refractivity contribution in [3.8, 4) is 0 Å². The highest BCUT2D eigenvalue weighted by Gasteiger charge is 2.55. The number of rotatable bonds is 9. The molecule has 0 amide bonds. The molecule has 0 N–H and O–H groups in total. The average molecular weight is 515 g/mol. The Bertz CT molecular complexity index is 1060. The zero-order valence-electron chi connectivity index (χ0n) is 20.5. The number of carbonyl (C=O) groups is 3. The fourth-order valence-corrected chi connectivity index (χ4v) is 5.18. The van der Waals surface area contributed by atoms with Crippen LogP contribution in [0.25, 0.3) is 0 Å². The van der Waals surface area contributed by atoms with Crippen LogP contribution in [0.4, 0.5) is 0 Å². The molecule has 192 valence electrons. The van der Waals surface area contributed by atoms with E-state index < -0.39 is 47.6 Å². The molecule has 0 aromatic heterocycles. The summed E-state index contributed by atoms with van der Waals surface area (Å²) in [4.78, 5) is 38.1. The maximum atomic E-state index is 13.0. The van der Waals surface area contributed by atoms with Gasteiger partial charge in [0.25, 0.3) is 0 Å². The van der Waals surface area contributed by atoms with Crippen LogP contribution in [0.2, 0.25) is 0 Å². The third-order valence-electron chi connectivity index (χ3n) is 5.80. The van der Waals surface area contributed by atoms with Gasteiger partial charge in [0.05, 0.1) is 18.6 Å². The Balaban J connectivity index is 1.62. The summed E-state index contributed by atoms with van der Waals surface area (Å²) in [6.45, 7) is 5.22. The van der Waals surface area contributed by atoms with Crippen molar-refractivity contribution in [1.82, 2.24) is 0 Å². The number of Topliss-reactive ketones (excluding diaryl/α,β-unsaturated/α-hetero) is 1. The molecular formula is C27H30O8S. The Morgan fingerprint density at radius 3 is 2.22 bits per heavy atom. The number of ketones is 1. The molecule has 0 bridgehead atoms. The van der Waals surface area contributed by atoms with Crippen molar-refractivity contribution >= 4 is 29.5 Å². The summed E-state index contributed by atoms with van der Waals surface area (Å²) >= 11 is 1.37. The van der Waals surface area contributed by atoms with E-state index in [0.29, 0.717) is 5.56 Å². The van der Waals surface area contributed by atoms with Crippen molar-refractivity contribution in [1.29, 1.82) is 0 Å². The lowest BCUT2D eigenvalue weighted by Crippen LogP contribution is -2.45. The Morgan fingerprint density at radius 2 is 1.61 bits per heavy atom. The SMILES string of the molecule is CC(=O)CCC(=O)OC1C(OC(=O)c2ccccc2)[C@H](Sc2ccccc2)O[C@H]1[C@H]1COC(C)(C)O1. The molecule has 4 rings (SSSR count). The van der Waals surface area contributed by atoms with Crippen LogP contribution in [-0.4, -0.2) is 60.0 Å². The number of esters is 2. The monoisotopic (exact) mass is 514 g/mol. The molecule has 2 heterocycles. The van der Waals surface area contributed by atoms with E-state index in [1.807, 2.05) is 30.3 Å².